The van der Waals surface area contributed by atoms with Crippen LogP contribution in [0.25, 0.3) is 0 Å². The summed E-state index contributed by atoms with van der Waals surface area (Å²) in [7, 11) is 3.54. The number of nitrogens with zero attached hydrogens (tertiary/aromatic N) is 1. The van der Waals surface area contributed by atoms with Crippen LogP contribution >= 0.6 is 0 Å². The summed E-state index contributed by atoms with van der Waals surface area (Å²) in [6.07, 6.45) is 0. The molecule has 19 heavy (non-hydrogen) atoms. The fourth-order valence-corrected chi connectivity index (χ4v) is 1.74. The highest BCUT2D eigenvalue weighted by Crippen LogP contribution is 2.19. The lowest BCUT2D eigenvalue weighted by molar-refractivity contribution is -0.122. The Kier molecular flexibility index (Phi) is 6.32. The molecule has 106 valence electrons. The minimum Gasteiger partial charge on any atom is -0.399 e. The van der Waals surface area contributed by atoms with E-state index in [1.165, 1.54) is 0 Å². The Hall–Kier alpha value is -1.59. The van der Waals surface area contributed by atoms with E-state index < -0.39 is 0 Å². The van der Waals surface area contributed by atoms with Crippen molar-refractivity contribution in [2.45, 2.75) is 13.0 Å². The molecule has 1 atom stereocenters. The number of anilines is 1. The van der Waals surface area contributed by atoms with E-state index >= 15 is 0 Å². The van der Waals surface area contributed by atoms with Crippen LogP contribution < -0.4 is 11.1 Å². The topological polar surface area (TPSA) is 67.6 Å². The van der Waals surface area contributed by atoms with Crippen LogP contribution in [-0.4, -0.2) is 44.7 Å². The molecule has 1 aromatic carbocycles. The summed E-state index contributed by atoms with van der Waals surface area (Å²) in [4.78, 5) is 13.7. The average molecular weight is 265 g/mol. The molecule has 0 saturated heterocycles. The summed E-state index contributed by atoms with van der Waals surface area (Å²) < 4.78 is 4.89. The molecule has 1 rings (SSSR count). The highest BCUT2D eigenvalue weighted by Gasteiger charge is 2.14. The van der Waals surface area contributed by atoms with Gasteiger partial charge in [-0.25, -0.2) is 0 Å². The predicted molar refractivity (Wildman–Crippen MR) is 76.8 cm³/mol. The molecule has 0 saturated carbocycles. The Morgan fingerprint density at radius 2 is 2.05 bits per heavy atom. The molecule has 0 aliphatic heterocycles. The minimum absolute atomic E-state index is 0.00171. The number of nitrogen functional groups attached to an aromatic ring is 1. The first-order chi connectivity index (χ1) is 9.04. The lowest BCUT2D eigenvalue weighted by Crippen LogP contribution is -2.37. The average Bonchev–Trinajstić information content (AvgIpc) is 2.39. The molecular formula is C14H23N3O2. The molecule has 0 radical (unpaired) electrons. The summed E-state index contributed by atoms with van der Waals surface area (Å²) in [6.45, 7) is 3.49. The van der Waals surface area contributed by atoms with E-state index in [2.05, 4.69) is 12.2 Å². The van der Waals surface area contributed by atoms with Crippen molar-refractivity contribution in [3.8, 4) is 0 Å². The smallest absolute Gasteiger partial charge is 0.234 e. The molecule has 0 aliphatic rings. The zero-order valence-corrected chi connectivity index (χ0v) is 11.8. The van der Waals surface area contributed by atoms with Crippen molar-refractivity contribution < 1.29 is 9.53 Å². The Morgan fingerprint density at radius 1 is 1.42 bits per heavy atom. The van der Waals surface area contributed by atoms with E-state index in [-0.39, 0.29) is 11.9 Å². The van der Waals surface area contributed by atoms with E-state index in [1.54, 1.807) is 7.11 Å². The maximum absolute atomic E-state index is 11.7. The van der Waals surface area contributed by atoms with E-state index in [9.17, 15) is 4.79 Å². The third-order valence-electron chi connectivity index (χ3n) is 3.10. The second-order valence-corrected chi connectivity index (χ2v) is 4.60. The van der Waals surface area contributed by atoms with Gasteiger partial charge >= 0.3 is 0 Å². The van der Waals surface area contributed by atoms with Crippen molar-refractivity contribution in [3.63, 3.8) is 0 Å². The van der Waals surface area contributed by atoms with Gasteiger partial charge in [-0.3, -0.25) is 9.69 Å². The molecule has 0 heterocycles. The predicted octanol–water partition coefficient (Wildman–Crippen LogP) is 1.02. The maximum Gasteiger partial charge on any atom is 0.234 e. The molecule has 0 aromatic heterocycles. The Morgan fingerprint density at radius 3 is 2.63 bits per heavy atom. The number of amides is 1. The van der Waals surface area contributed by atoms with Gasteiger partial charge in [0.1, 0.15) is 0 Å². The fraction of sp³-hybridized carbons (Fsp3) is 0.500. The van der Waals surface area contributed by atoms with Crippen LogP contribution in [0.15, 0.2) is 24.3 Å². The molecule has 1 amide bonds. The van der Waals surface area contributed by atoms with Crippen molar-refractivity contribution in [3.05, 3.63) is 29.8 Å². The quantitative estimate of drug-likeness (QED) is 0.570. The number of hydrogen-bond acceptors (Lipinski definition) is 4. The van der Waals surface area contributed by atoms with Gasteiger partial charge in [-0.1, -0.05) is 12.1 Å². The van der Waals surface area contributed by atoms with E-state index in [1.807, 2.05) is 36.2 Å². The van der Waals surface area contributed by atoms with Gasteiger partial charge in [-0.05, 0) is 31.7 Å². The van der Waals surface area contributed by atoms with E-state index in [4.69, 9.17) is 10.5 Å². The second-order valence-electron chi connectivity index (χ2n) is 4.60. The van der Waals surface area contributed by atoms with Crippen molar-refractivity contribution in [1.29, 1.82) is 0 Å². The highest BCUT2D eigenvalue weighted by atomic mass is 16.5. The van der Waals surface area contributed by atoms with Crippen molar-refractivity contribution in [2.75, 3.05) is 39.6 Å². The molecule has 1 unspecified atom stereocenters. The van der Waals surface area contributed by atoms with Crippen molar-refractivity contribution in [2.24, 2.45) is 0 Å². The minimum atomic E-state index is 0.00171. The Labute approximate surface area is 114 Å². The first-order valence-corrected chi connectivity index (χ1v) is 6.36. The van der Waals surface area contributed by atoms with Gasteiger partial charge in [-0.15, -0.1) is 0 Å². The number of carbonyl (C=O) groups excluding carboxylic acids is 1. The zero-order chi connectivity index (χ0) is 14.3. The van der Waals surface area contributed by atoms with Crippen LogP contribution in [0, 0.1) is 0 Å². The molecule has 3 N–H and O–H groups in total. The third-order valence-corrected chi connectivity index (χ3v) is 3.10. The Bertz CT molecular complexity index is 392. The molecule has 0 spiro atoms. The summed E-state index contributed by atoms with van der Waals surface area (Å²) in [6, 6.07) is 7.88. The number of nitrogens with one attached hydrogen (secondary N) is 1. The van der Waals surface area contributed by atoms with E-state index in [0.29, 0.717) is 19.7 Å². The van der Waals surface area contributed by atoms with Crippen LogP contribution in [-0.2, 0) is 9.53 Å². The lowest BCUT2D eigenvalue weighted by atomic mass is 10.1. The number of nitrogens with two attached hydrogens (primary N) is 1. The number of carbonyl (C=O) groups is 1. The van der Waals surface area contributed by atoms with E-state index in [0.717, 1.165) is 11.3 Å². The Balaban J connectivity index is 2.46. The molecule has 0 bridgehead atoms. The van der Waals surface area contributed by atoms with Gasteiger partial charge in [0, 0.05) is 25.4 Å². The lowest BCUT2D eigenvalue weighted by Gasteiger charge is -2.24. The summed E-state index contributed by atoms with van der Waals surface area (Å²) in [5.74, 6) is 0.00171. The van der Waals surface area contributed by atoms with Crippen LogP contribution in [0.2, 0.25) is 0 Å². The van der Waals surface area contributed by atoms with Gasteiger partial charge in [0.2, 0.25) is 5.91 Å². The van der Waals surface area contributed by atoms with Gasteiger partial charge in [0.15, 0.2) is 0 Å². The largest absolute Gasteiger partial charge is 0.399 e. The highest BCUT2D eigenvalue weighted by molar-refractivity contribution is 5.78. The first kappa shape index (κ1) is 15.5. The van der Waals surface area contributed by atoms with Gasteiger partial charge < -0.3 is 15.8 Å². The van der Waals surface area contributed by atoms with Crippen molar-refractivity contribution >= 4 is 11.6 Å². The van der Waals surface area contributed by atoms with Crippen LogP contribution in [0.1, 0.15) is 18.5 Å². The normalized spacial score (nSPS) is 12.4. The number of methoxy groups -OCH3 is 1. The third kappa shape index (κ3) is 5.28. The summed E-state index contributed by atoms with van der Waals surface area (Å²) in [5, 5.41) is 2.80. The van der Waals surface area contributed by atoms with Crippen molar-refractivity contribution in [1.82, 2.24) is 10.2 Å². The first-order valence-electron chi connectivity index (χ1n) is 6.36. The number of rotatable bonds is 7. The maximum atomic E-state index is 11.7. The fourth-order valence-electron chi connectivity index (χ4n) is 1.74. The molecule has 5 nitrogen and oxygen atoms in total. The number of benzene rings is 1. The standard InChI is InChI=1S/C14H23N3O2/c1-11(12-4-6-13(15)7-5-12)17(2)10-14(18)16-8-9-19-3/h4-7,11H,8-10,15H2,1-3H3,(H,16,18). The number of hydrogen-bond donors (Lipinski definition) is 2. The SMILES string of the molecule is COCCNC(=O)CN(C)C(C)c1ccc(N)cc1. The molecule has 0 fully saturated rings. The van der Waals surface area contributed by atoms with Gasteiger partial charge in [0.25, 0.3) is 0 Å². The van der Waals surface area contributed by atoms with Gasteiger partial charge in [0.05, 0.1) is 13.2 Å². The molecule has 0 aliphatic carbocycles. The van der Waals surface area contributed by atoms with Gasteiger partial charge in [-0.2, -0.15) is 0 Å². The van der Waals surface area contributed by atoms with Crippen LogP contribution in [0.5, 0.6) is 0 Å². The number of ether oxygens (including phenoxy) is 1. The molecule has 5 heteroatoms. The summed E-state index contributed by atoms with van der Waals surface area (Å²) in [5.41, 5.74) is 7.55. The summed E-state index contributed by atoms with van der Waals surface area (Å²) >= 11 is 0. The zero-order valence-electron chi connectivity index (χ0n) is 11.8. The second kappa shape index (κ2) is 7.76. The molecular weight excluding hydrogens is 242 g/mol. The van der Waals surface area contributed by atoms with Crippen LogP contribution in [0.4, 0.5) is 5.69 Å². The number of likely N-dealkylation sites (N-methyl/N-ethyl adjacent to an activating group) is 1. The van der Waals surface area contributed by atoms with Crippen LogP contribution in [0.3, 0.4) is 0 Å². The molecule has 1 aromatic rings. The monoisotopic (exact) mass is 265 g/mol.